The molecule has 0 amide bonds. The molecule has 0 spiro atoms. The highest BCUT2D eigenvalue weighted by atomic mass is 16.4. The molecule has 0 aliphatic rings. The molecule has 0 saturated carbocycles. The fourth-order valence-corrected chi connectivity index (χ4v) is 1.71. The molecule has 2 N–H and O–H groups in total. The summed E-state index contributed by atoms with van der Waals surface area (Å²) < 4.78 is 0. The molecule has 0 aromatic heterocycles. The molecule has 3 nitrogen and oxygen atoms in total. The molecule has 2 atom stereocenters. The van der Waals surface area contributed by atoms with Crippen molar-refractivity contribution in [3.63, 3.8) is 0 Å². The van der Waals surface area contributed by atoms with Crippen LogP contribution in [0.1, 0.15) is 56.3 Å². The Morgan fingerprint density at radius 1 is 1.24 bits per heavy atom. The van der Waals surface area contributed by atoms with Gasteiger partial charge in [-0.05, 0) is 29.9 Å². The van der Waals surface area contributed by atoms with Crippen LogP contribution in [0, 0.1) is 0 Å². The van der Waals surface area contributed by atoms with E-state index in [1.54, 1.807) is 0 Å². The van der Waals surface area contributed by atoms with Gasteiger partial charge >= 0.3 is 5.97 Å². The van der Waals surface area contributed by atoms with Gasteiger partial charge in [0.15, 0.2) is 0 Å². The molecular weight excluding hydrogens is 216 g/mol. The van der Waals surface area contributed by atoms with Gasteiger partial charge in [-0.1, -0.05) is 38.1 Å². The van der Waals surface area contributed by atoms with E-state index in [0.717, 1.165) is 12.0 Å². The van der Waals surface area contributed by atoms with Crippen LogP contribution < -0.4 is 0 Å². The zero-order valence-electron chi connectivity index (χ0n) is 10.4. The van der Waals surface area contributed by atoms with Crippen LogP contribution in [0.15, 0.2) is 24.3 Å². The smallest absolute Gasteiger partial charge is 0.303 e. The molecule has 1 rings (SSSR count). The van der Waals surface area contributed by atoms with Gasteiger partial charge in [0.2, 0.25) is 0 Å². The Bertz CT molecular complexity index is 356. The van der Waals surface area contributed by atoms with Crippen LogP contribution in [0.5, 0.6) is 0 Å². The molecule has 0 radical (unpaired) electrons. The predicted octanol–water partition coefficient (Wildman–Crippen LogP) is 3.10. The molecule has 0 aliphatic heterocycles. The summed E-state index contributed by atoms with van der Waals surface area (Å²) in [4.78, 5) is 10.4. The van der Waals surface area contributed by atoms with E-state index >= 15 is 0 Å². The number of rotatable bonds is 6. The Morgan fingerprint density at radius 3 is 2.24 bits per heavy atom. The predicted molar refractivity (Wildman–Crippen MR) is 67.0 cm³/mol. The van der Waals surface area contributed by atoms with Crippen molar-refractivity contribution in [1.82, 2.24) is 0 Å². The highest BCUT2D eigenvalue weighted by molar-refractivity contribution is 5.66. The van der Waals surface area contributed by atoms with Crippen molar-refractivity contribution >= 4 is 5.97 Å². The summed E-state index contributed by atoms with van der Waals surface area (Å²) in [6.45, 7) is 4.30. The zero-order chi connectivity index (χ0) is 12.8. The standard InChI is InChI=1S/C14H20O3/c1-3-10(2)11-4-6-12(7-5-11)13(15)8-9-14(16)17/h4-7,10,13,15H,3,8-9H2,1-2H3,(H,16,17). The Morgan fingerprint density at radius 2 is 1.76 bits per heavy atom. The summed E-state index contributed by atoms with van der Waals surface area (Å²) in [5.74, 6) is -0.361. The number of aliphatic hydroxyl groups excluding tert-OH is 1. The van der Waals surface area contributed by atoms with Gasteiger partial charge in [0, 0.05) is 6.42 Å². The van der Waals surface area contributed by atoms with Gasteiger partial charge < -0.3 is 10.2 Å². The third kappa shape index (κ3) is 4.19. The van der Waals surface area contributed by atoms with Crippen molar-refractivity contribution in [2.75, 3.05) is 0 Å². The van der Waals surface area contributed by atoms with Gasteiger partial charge in [0.25, 0.3) is 0 Å². The highest BCUT2D eigenvalue weighted by Gasteiger charge is 2.10. The Labute approximate surface area is 102 Å². The first-order valence-electron chi connectivity index (χ1n) is 6.04. The lowest BCUT2D eigenvalue weighted by Crippen LogP contribution is -2.02. The number of carboxylic acids is 1. The maximum atomic E-state index is 10.4. The van der Waals surface area contributed by atoms with E-state index in [9.17, 15) is 9.90 Å². The minimum atomic E-state index is -0.875. The van der Waals surface area contributed by atoms with Gasteiger partial charge in [-0.3, -0.25) is 4.79 Å². The van der Waals surface area contributed by atoms with Crippen molar-refractivity contribution in [3.8, 4) is 0 Å². The fourth-order valence-electron chi connectivity index (χ4n) is 1.71. The lowest BCUT2D eigenvalue weighted by Gasteiger charge is -2.13. The maximum absolute atomic E-state index is 10.4. The fraction of sp³-hybridized carbons (Fsp3) is 0.500. The number of hydrogen-bond donors (Lipinski definition) is 2. The number of aliphatic hydroxyl groups is 1. The molecule has 0 fully saturated rings. The van der Waals surface area contributed by atoms with Gasteiger partial charge in [-0.25, -0.2) is 0 Å². The Balaban J connectivity index is 2.63. The average Bonchev–Trinajstić information content (AvgIpc) is 2.35. The van der Waals surface area contributed by atoms with E-state index in [2.05, 4.69) is 13.8 Å². The average molecular weight is 236 g/mol. The number of hydrogen-bond acceptors (Lipinski definition) is 2. The second kappa shape index (κ2) is 6.40. The number of aliphatic carboxylic acids is 1. The van der Waals surface area contributed by atoms with E-state index in [4.69, 9.17) is 5.11 Å². The van der Waals surface area contributed by atoms with E-state index in [0.29, 0.717) is 5.92 Å². The molecule has 0 bridgehead atoms. The first-order chi connectivity index (χ1) is 8.04. The van der Waals surface area contributed by atoms with Crippen LogP contribution in [0.3, 0.4) is 0 Å². The molecule has 0 heterocycles. The summed E-state index contributed by atoms with van der Waals surface area (Å²) in [6.07, 6.45) is 0.657. The van der Waals surface area contributed by atoms with Gasteiger partial charge in [-0.2, -0.15) is 0 Å². The maximum Gasteiger partial charge on any atom is 0.303 e. The molecule has 0 aliphatic carbocycles. The van der Waals surface area contributed by atoms with E-state index in [1.165, 1.54) is 5.56 Å². The second-order valence-corrected chi connectivity index (χ2v) is 4.42. The molecule has 3 heteroatoms. The lowest BCUT2D eigenvalue weighted by molar-refractivity contribution is -0.137. The summed E-state index contributed by atoms with van der Waals surface area (Å²) in [5, 5.41) is 18.3. The Kier molecular flexibility index (Phi) is 5.16. The van der Waals surface area contributed by atoms with Crippen LogP contribution in [0.4, 0.5) is 0 Å². The molecular formula is C14H20O3. The van der Waals surface area contributed by atoms with Gasteiger partial charge in [0.05, 0.1) is 6.10 Å². The minimum Gasteiger partial charge on any atom is -0.481 e. The van der Waals surface area contributed by atoms with Crippen molar-refractivity contribution in [2.24, 2.45) is 0 Å². The van der Waals surface area contributed by atoms with E-state index < -0.39 is 12.1 Å². The normalized spacial score (nSPS) is 14.3. The quantitative estimate of drug-likeness (QED) is 0.798. The topological polar surface area (TPSA) is 57.5 Å². The van der Waals surface area contributed by atoms with Crippen molar-refractivity contribution in [1.29, 1.82) is 0 Å². The number of carbonyl (C=O) groups is 1. The third-order valence-electron chi connectivity index (χ3n) is 3.13. The molecule has 94 valence electrons. The number of benzene rings is 1. The molecule has 1 aromatic rings. The number of carboxylic acid groups (broad SMARTS) is 1. The third-order valence-corrected chi connectivity index (χ3v) is 3.13. The lowest BCUT2D eigenvalue weighted by atomic mass is 9.96. The largest absolute Gasteiger partial charge is 0.481 e. The van der Waals surface area contributed by atoms with Crippen molar-refractivity contribution < 1.29 is 15.0 Å². The van der Waals surface area contributed by atoms with E-state index in [1.807, 2.05) is 24.3 Å². The summed E-state index contributed by atoms with van der Waals surface area (Å²) >= 11 is 0. The molecule has 0 saturated heterocycles. The van der Waals surface area contributed by atoms with Gasteiger partial charge in [-0.15, -0.1) is 0 Å². The first-order valence-corrected chi connectivity index (χ1v) is 6.04. The van der Waals surface area contributed by atoms with E-state index in [-0.39, 0.29) is 12.8 Å². The molecule has 17 heavy (non-hydrogen) atoms. The summed E-state index contributed by atoms with van der Waals surface area (Å²) in [6, 6.07) is 7.78. The van der Waals surface area contributed by atoms with Crippen molar-refractivity contribution in [2.45, 2.75) is 45.1 Å². The van der Waals surface area contributed by atoms with Crippen LogP contribution in [-0.4, -0.2) is 16.2 Å². The van der Waals surface area contributed by atoms with Crippen LogP contribution >= 0.6 is 0 Å². The monoisotopic (exact) mass is 236 g/mol. The summed E-state index contributed by atoms with van der Waals surface area (Å²) in [5.41, 5.74) is 2.04. The summed E-state index contributed by atoms with van der Waals surface area (Å²) in [7, 11) is 0. The molecule has 2 unspecified atom stereocenters. The first kappa shape index (κ1) is 13.7. The Hall–Kier alpha value is -1.35. The van der Waals surface area contributed by atoms with Crippen LogP contribution in [0.2, 0.25) is 0 Å². The molecule has 1 aromatic carbocycles. The second-order valence-electron chi connectivity index (χ2n) is 4.42. The SMILES string of the molecule is CCC(C)c1ccc(C(O)CCC(=O)O)cc1. The van der Waals surface area contributed by atoms with Crippen LogP contribution in [0.25, 0.3) is 0 Å². The highest BCUT2D eigenvalue weighted by Crippen LogP contribution is 2.23. The zero-order valence-corrected chi connectivity index (χ0v) is 10.4. The minimum absolute atomic E-state index is 0.00567. The van der Waals surface area contributed by atoms with Gasteiger partial charge in [0.1, 0.15) is 0 Å². The van der Waals surface area contributed by atoms with Crippen molar-refractivity contribution in [3.05, 3.63) is 35.4 Å². The van der Waals surface area contributed by atoms with Crippen LogP contribution in [-0.2, 0) is 4.79 Å².